The average molecular weight is 216 g/mol. The van der Waals surface area contributed by atoms with E-state index in [1.54, 1.807) is 13.3 Å². The highest BCUT2D eigenvalue weighted by Crippen LogP contribution is 2.28. The van der Waals surface area contributed by atoms with Crippen LogP contribution in [0, 0.1) is 0 Å². The van der Waals surface area contributed by atoms with Crippen molar-refractivity contribution in [2.45, 2.75) is 19.4 Å². The van der Waals surface area contributed by atoms with E-state index >= 15 is 0 Å². The number of fused-ring (bicyclic) bond motifs is 1. The zero-order valence-corrected chi connectivity index (χ0v) is 9.60. The van der Waals surface area contributed by atoms with Crippen LogP contribution < -0.4 is 10.5 Å². The monoisotopic (exact) mass is 216 g/mol. The lowest BCUT2D eigenvalue weighted by Gasteiger charge is -2.13. The van der Waals surface area contributed by atoms with Crippen LogP contribution in [0.5, 0.6) is 5.75 Å². The standard InChI is InChI=1S/C13H16N2O/c1-9(14)7-11-12-8-15-6-5-10(12)3-4-13(11)16-2/h3-6,8-9H,7,14H2,1-2H3. The fourth-order valence-electron chi connectivity index (χ4n) is 1.93. The first kappa shape index (κ1) is 10.9. The van der Waals surface area contributed by atoms with Gasteiger partial charge in [-0.2, -0.15) is 0 Å². The third kappa shape index (κ3) is 1.99. The summed E-state index contributed by atoms with van der Waals surface area (Å²) in [6, 6.07) is 6.14. The normalized spacial score (nSPS) is 12.7. The molecule has 0 radical (unpaired) electrons. The largest absolute Gasteiger partial charge is 0.496 e. The minimum absolute atomic E-state index is 0.111. The Kier molecular flexibility index (Phi) is 3.06. The van der Waals surface area contributed by atoms with Crippen molar-refractivity contribution in [3.05, 3.63) is 36.2 Å². The molecule has 84 valence electrons. The molecule has 3 nitrogen and oxygen atoms in total. The molecule has 0 aliphatic rings. The van der Waals surface area contributed by atoms with Crippen LogP contribution in [0.4, 0.5) is 0 Å². The number of hydrogen-bond donors (Lipinski definition) is 1. The van der Waals surface area contributed by atoms with Crippen LogP contribution in [0.1, 0.15) is 12.5 Å². The molecule has 16 heavy (non-hydrogen) atoms. The molecule has 1 aromatic carbocycles. The van der Waals surface area contributed by atoms with E-state index in [4.69, 9.17) is 10.5 Å². The summed E-state index contributed by atoms with van der Waals surface area (Å²) in [6.07, 6.45) is 4.46. The van der Waals surface area contributed by atoms with Crippen LogP contribution in [0.3, 0.4) is 0 Å². The topological polar surface area (TPSA) is 48.1 Å². The van der Waals surface area contributed by atoms with Crippen LogP contribution in [-0.2, 0) is 6.42 Å². The van der Waals surface area contributed by atoms with Crippen molar-refractivity contribution < 1.29 is 4.74 Å². The van der Waals surface area contributed by atoms with Crippen molar-refractivity contribution in [3.63, 3.8) is 0 Å². The number of pyridine rings is 1. The van der Waals surface area contributed by atoms with Crippen LogP contribution >= 0.6 is 0 Å². The number of benzene rings is 1. The SMILES string of the molecule is COc1ccc2ccncc2c1CC(C)N. The van der Waals surface area contributed by atoms with E-state index in [1.807, 2.05) is 31.3 Å². The molecule has 3 heteroatoms. The molecule has 1 aromatic heterocycles. The first-order chi connectivity index (χ1) is 7.72. The molecule has 0 saturated carbocycles. The summed E-state index contributed by atoms with van der Waals surface area (Å²) in [5, 5.41) is 2.30. The number of nitrogens with two attached hydrogens (primary N) is 1. The smallest absolute Gasteiger partial charge is 0.122 e. The third-order valence-electron chi connectivity index (χ3n) is 2.64. The highest BCUT2D eigenvalue weighted by molar-refractivity contribution is 5.87. The molecule has 0 spiro atoms. The quantitative estimate of drug-likeness (QED) is 0.855. The second kappa shape index (κ2) is 4.49. The molecule has 0 bridgehead atoms. The fourth-order valence-corrected chi connectivity index (χ4v) is 1.93. The molecule has 0 fully saturated rings. The predicted octanol–water partition coefficient (Wildman–Crippen LogP) is 2.13. The van der Waals surface area contributed by atoms with E-state index in [0.717, 1.165) is 23.1 Å². The van der Waals surface area contributed by atoms with E-state index in [-0.39, 0.29) is 6.04 Å². The molecule has 1 heterocycles. The van der Waals surface area contributed by atoms with Gasteiger partial charge >= 0.3 is 0 Å². The molecule has 0 saturated heterocycles. The third-order valence-corrected chi connectivity index (χ3v) is 2.64. The van der Waals surface area contributed by atoms with Gasteiger partial charge in [0, 0.05) is 29.4 Å². The van der Waals surface area contributed by atoms with Gasteiger partial charge in [-0.3, -0.25) is 4.98 Å². The van der Waals surface area contributed by atoms with Gasteiger partial charge in [-0.05, 0) is 30.9 Å². The van der Waals surface area contributed by atoms with Crippen molar-refractivity contribution in [1.82, 2.24) is 4.98 Å². The molecule has 0 aliphatic heterocycles. The highest BCUT2D eigenvalue weighted by atomic mass is 16.5. The summed E-state index contributed by atoms with van der Waals surface area (Å²) in [6.45, 7) is 1.99. The first-order valence-electron chi connectivity index (χ1n) is 5.37. The van der Waals surface area contributed by atoms with Crippen LogP contribution in [0.15, 0.2) is 30.6 Å². The maximum absolute atomic E-state index is 5.86. The Hall–Kier alpha value is -1.61. The Morgan fingerprint density at radius 3 is 2.88 bits per heavy atom. The van der Waals surface area contributed by atoms with Crippen LogP contribution in [0.25, 0.3) is 10.8 Å². The molecule has 1 unspecified atom stereocenters. The zero-order chi connectivity index (χ0) is 11.5. The lowest BCUT2D eigenvalue weighted by molar-refractivity contribution is 0.409. The van der Waals surface area contributed by atoms with Crippen molar-refractivity contribution in [2.75, 3.05) is 7.11 Å². The van der Waals surface area contributed by atoms with E-state index in [2.05, 4.69) is 4.98 Å². The van der Waals surface area contributed by atoms with Crippen molar-refractivity contribution in [3.8, 4) is 5.75 Å². The first-order valence-corrected chi connectivity index (χ1v) is 5.37. The Morgan fingerprint density at radius 1 is 1.38 bits per heavy atom. The number of nitrogens with zero attached hydrogens (tertiary/aromatic N) is 1. The summed E-state index contributed by atoms with van der Waals surface area (Å²) in [7, 11) is 1.68. The predicted molar refractivity (Wildman–Crippen MR) is 65.6 cm³/mol. The van der Waals surface area contributed by atoms with Crippen LogP contribution in [0.2, 0.25) is 0 Å². The minimum atomic E-state index is 0.111. The van der Waals surface area contributed by atoms with Gasteiger partial charge in [-0.15, -0.1) is 0 Å². The maximum atomic E-state index is 5.86. The van der Waals surface area contributed by atoms with Gasteiger partial charge in [0.25, 0.3) is 0 Å². The second-order valence-electron chi connectivity index (χ2n) is 4.02. The summed E-state index contributed by atoms with van der Waals surface area (Å²) in [5.74, 6) is 0.887. The van der Waals surface area contributed by atoms with Gasteiger partial charge in [0.1, 0.15) is 5.75 Å². The lowest BCUT2D eigenvalue weighted by Crippen LogP contribution is -2.18. The Bertz CT molecular complexity index is 494. The van der Waals surface area contributed by atoms with E-state index in [0.29, 0.717) is 0 Å². The van der Waals surface area contributed by atoms with E-state index in [9.17, 15) is 0 Å². The highest BCUT2D eigenvalue weighted by Gasteiger charge is 2.09. The molecule has 0 aliphatic carbocycles. The summed E-state index contributed by atoms with van der Waals surface area (Å²) in [4.78, 5) is 4.16. The van der Waals surface area contributed by atoms with Gasteiger partial charge < -0.3 is 10.5 Å². The maximum Gasteiger partial charge on any atom is 0.122 e. The van der Waals surface area contributed by atoms with Gasteiger partial charge in [0.15, 0.2) is 0 Å². The van der Waals surface area contributed by atoms with Crippen LogP contribution in [-0.4, -0.2) is 18.1 Å². The molecule has 1 atom stereocenters. The Morgan fingerprint density at radius 2 is 2.19 bits per heavy atom. The molecule has 0 amide bonds. The van der Waals surface area contributed by atoms with Crippen molar-refractivity contribution in [1.29, 1.82) is 0 Å². The summed E-state index contributed by atoms with van der Waals surface area (Å²) < 4.78 is 5.37. The van der Waals surface area contributed by atoms with E-state index < -0.39 is 0 Å². The van der Waals surface area contributed by atoms with Gasteiger partial charge in [0.2, 0.25) is 0 Å². The zero-order valence-electron chi connectivity index (χ0n) is 9.60. The van der Waals surface area contributed by atoms with Crippen molar-refractivity contribution in [2.24, 2.45) is 5.73 Å². The van der Waals surface area contributed by atoms with Gasteiger partial charge in [-0.1, -0.05) is 6.07 Å². The van der Waals surface area contributed by atoms with E-state index in [1.165, 1.54) is 5.39 Å². The number of aromatic nitrogens is 1. The molecule has 2 rings (SSSR count). The number of rotatable bonds is 3. The Labute approximate surface area is 95.2 Å². The Balaban J connectivity index is 2.63. The minimum Gasteiger partial charge on any atom is -0.496 e. The number of methoxy groups -OCH3 is 1. The molecular formula is C13H16N2O. The summed E-state index contributed by atoms with van der Waals surface area (Å²) in [5.41, 5.74) is 7.00. The number of hydrogen-bond acceptors (Lipinski definition) is 3. The van der Waals surface area contributed by atoms with Crippen molar-refractivity contribution >= 4 is 10.8 Å². The second-order valence-corrected chi connectivity index (χ2v) is 4.02. The lowest BCUT2D eigenvalue weighted by atomic mass is 10.00. The van der Waals surface area contributed by atoms with Gasteiger partial charge in [-0.25, -0.2) is 0 Å². The number of ether oxygens (including phenoxy) is 1. The molecule has 2 aromatic rings. The molecular weight excluding hydrogens is 200 g/mol. The molecule has 2 N–H and O–H groups in total. The van der Waals surface area contributed by atoms with Gasteiger partial charge in [0.05, 0.1) is 7.11 Å². The summed E-state index contributed by atoms with van der Waals surface area (Å²) >= 11 is 0. The fraction of sp³-hybridized carbons (Fsp3) is 0.308. The average Bonchev–Trinajstić information content (AvgIpc) is 2.29.